The molecule has 1 N–H and O–H groups in total. The van der Waals surface area contributed by atoms with Crippen LogP contribution in [0.1, 0.15) is 24.7 Å². The van der Waals surface area contributed by atoms with Crippen molar-refractivity contribution >= 4 is 24.0 Å². The van der Waals surface area contributed by atoms with Crippen LogP contribution in [0.4, 0.5) is 10.7 Å². The first-order valence-corrected chi connectivity index (χ1v) is 7.48. The van der Waals surface area contributed by atoms with Gasteiger partial charge in [0.05, 0.1) is 12.3 Å². The summed E-state index contributed by atoms with van der Waals surface area (Å²) in [6, 6.07) is 10.7. The summed E-state index contributed by atoms with van der Waals surface area (Å²) in [5.74, 6) is -0.921. The highest BCUT2D eigenvalue weighted by atomic mass is 16.6. The van der Waals surface area contributed by atoms with Crippen LogP contribution in [0.25, 0.3) is 0 Å². The van der Waals surface area contributed by atoms with Crippen molar-refractivity contribution in [2.24, 2.45) is 5.10 Å². The molecule has 25 heavy (non-hydrogen) atoms. The number of hydrogen-bond donors (Lipinski definition) is 1. The Balaban J connectivity index is 1.88. The third kappa shape index (κ3) is 2.75. The molecule has 0 spiro atoms. The van der Waals surface area contributed by atoms with Crippen molar-refractivity contribution in [3.05, 3.63) is 63.9 Å². The standard InChI is InChI=1S/C16H14N4O5/c1-2-16(11-6-4-3-5-7-11)14(21)19(15(22)18-16)17-10-12-8-9-13(25-12)20(23)24/h3-10H,2H2,1H3,(H,18,22)/b17-10-/t16-/m0/s1. The van der Waals surface area contributed by atoms with Gasteiger partial charge in [-0.05, 0) is 18.1 Å². The van der Waals surface area contributed by atoms with Crippen molar-refractivity contribution < 1.29 is 18.9 Å². The first-order valence-electron chi connectivity index (χ1n) is 7.48. The summed E-state index contributed by atoms with van der Waals surface area (Å²) in [6.07, 6.45) is 1.43. The molecule has 1 aliphatic rings. The first-order chi connectivity index (χ1) is 12.0. The van der Waals surface area contributed by atoms with Gasteiger partial charge < -0.3 is 9.73 Å². The van der Waals surface area contributed by atoms with Crippen LogP contribution >= 0.6 is 0 Å². The van der Waals surface area contributed by atoms with E-state index in [9.17, 15) is 19.7 Å². The minimum absolute atomic E-state index is 0.0565. The Morgan fingerprint density at radius 3 is 2.60 bits per heavy atom. The van der Waals surface area contributed by atoms with Crippen molar-refractivity contribution in [3.8, 4) is 0 Å². The number of imide groups is 1. The predicted molar refractivity (Wildman–Crippen MR) is 86.7 cm³/mol. The quantitative estimate of drug-likeness (QED) is 0.387. The third-order valence-corrected chi connectivity index (χ3v) is 3.96. The van der Waals surface area contributed by atoms with E-state index in [0.717, 1.165) is 12.3 Å². The van der Waals surface area contributed by atoms with Gasteiger partial charge in [-0.3, -0.25) is 14.9 Å². The van der Waals surface area contributed by atoms with Gasteiger partial charge in [-0.2, -0.15) is 5.10 Å². The summed E-state index contributed by atoms with van der Waals surface area (Å²) in [6.45, 7) is 1.79. The number of nitro groups is 1. The molecule has 0 unspecified atom stereocenters. The lowest BCUT2D eigenvalue weighted by atomic mass is 9.87. The highest BCUT2D eigenvalue weighted by molar-refractivity contribution is 6.07. The van der Waals surface area contributed by atoms with Gasteiger partial charge in [-0.25, -0.2) is 4.79 Å². The average Bonchev–Trinajstić information content (AvgIpc) is 3.18. The molecule has 1 aromatic heterocycles. The Kier molecular flexibility index (Phi) is 4.05. The lowest BCUT2D eigenvalue weighted by molar-refractivity contribution is -0.402. The van der Waals surface area contributed by atoms with Crippen LogP contribution in [0.2, 0.25) is 0 Å². The lowest BCUT2D eigenvalue weighted by Crippen LogP contribution is -2.43. The molecule has 3 rings (SSSR count). The van der Waals surface area contributed by atoms with Crippen LogP contribution in [0.15, 0.2) is 52.0 Å². The fraction of sp³-hybridized carbons (Fsp3) is 0.188. The molecular formula is C16H14N4O5. The second kappa shape index (κ2) is 6.19. The van der Waals surface area contributed by atoms with E-state index >= 15 is 0 Å². The Morgan fingerprint density at radius 2 is 2.00 bits per heavy atom. The second-order valence-corrected chi connectivity index (χ2v) is 5.35. The normalized spacial score (nSPS) is 20.3. The van der Waals surface area contributed by atoms with E-state index in [2.05, 4.69) is 10.4 Å². The maximum absolute atomic E-state index is 12.8. The molecule has 0 radical (unpaired) electrons. The largest absolute Gasteiger partial charge is 0.433 e. The topological polar surface area (TPSA) is 118 Å². The molecule has 0 saturated carbocycles. The van der Waals surface area contributed by atoms with Crippen LogP contribution in [-0.2, 0) is 10.3 Å². The molecule has 1 saturated heterocycles. The fourth-order valence-corrected chi connectivity index (χ4v) is 2.65. The predicted octanol–water partition coefficient (Wildman–Crippen LogP) is 2.38. The van der Waals surface area contributed by atoms with Gasteiger partial charge in [0.25, 0.3) is 5.91 Å². The number of rotatable bonds is 5. The number of urea groups is 1. The van der Waals surface area contributed by atoms with Crippen LogP contribution < -0.4 is 5.32 Å². The van der Waals surface area contributed by atoms with Gasteiger partial charge >= 0.3 is 11.9 Å². The molecule has 9 nitrogen and oxygen atoms in total. The molecule has 128 valence electrons. The van der Waals surface area contributed by atoms with Gasteiger partial charge in [-0.1, -0.05) is 37.3 Å². The molecule has 1 aromatic carbocycles. The second-order valence-electron chi connectivity index (χ2n) is 5.35. The Hall–Kier alpha value is -3.49. The monoisotopic (exact) mass is 342 g/mol. The zero-order valence-corrected chi connectivity index (χ0v) is 13.2. The number of amides is 3. The first kappa shape index (κ1) is 16.4. The molecular weight excluding hydrogens is 328 g/mol. The molecule has 9 heteroatoms. The van der Waals surface area contributed by atoms with E-state index < -0.39 is 28.3 Å². The molecule has 2 aromatic rings. The number of carbonyl (C=O) groups excluding carboxylic acids is 2. The third-order valence-electron chi connectivity index (χ3n) is 3.96. The van der Waals surface area contributed by atoms with E-state index in [-0.39, 0.29) is 5.76 Å². The van der Waals surface area contributed by atoms with Crippen molar-refractivity contribution in [3.63, 3.8) is 0 Å². The summed E-state index contributed by atoms with van der Waals surface area (Å²) < 4.78 is 4.92. The smallest absolute Gasteiger partial charge is 0.400 e. The number of nitrogens with zero attached hydrogens (tertiary/aromatic N) is 3. The molecule has 1 atom stereocenters. The van der Waals surface area contributed by atoms with E-state index in [1.165, 1.54) is 6.07 Å². The molecule has 3 amide bonds. The molecule has 2 heterocycles. The maximum Gasteiger partial charge on any atom is 0.433 e. The minimum Gasteiger partial charge on any atom is -0.400 e. The number of carbonyl (C=O) groups is 2. The van der Waals surface area contributed by atoms with Gasteiger partial charge in [0, 0.05) is 0 Å². The number of hydrazone groups is 1. The minimum atomic E-state index is -1.19. The van der Waals surface area contributed by atoms with Gasteiger partial charge in [0.15, 0.2) is 5.76 Å². The van der Waals surface area contributed by atoms with E-state index in [1.54, 1.807) is 31.2 Å². The van der Waals surface area contributed by atoms with E-state index in [0.29, 0.717) is 17.0 Å². The van der Waals surface area contributed by atoms with Crippen LogP contribution in [0, 0.1) is 10.1 Å². The Labute approximate surface area is 142 Å². The van der Waals surface area contributed by atoms with Gasteiger partial charge in [0.1, 0.15) is 10.5 Å². The number of benzene rings is 1. The van der Waals surface area contributed by atoms with E-state index in [1.807, 2.05) is 6.07 Å². The molecule has 0 bridgehead atoms. The summed E-state index contributed by atoms with van der Waals surface area (Å²) >= 11 is 0. The zero-order valence-electron chi connectivity index (χ0n) is 13.2. The Morgan fingerprint density at radius 1 is 1.28 bits per heavy atom. The number of furan rings is 1. The summed E-state index contributed by atoms with van der Waals surface area (Å²) in [7, 11) is 0. The number of nitrogens with one attached hydrogen (secondary N) is 1. The van der Waals surface area contributed by atoms with Crippen molar-refractivity contribution in [2.45, 2.75) is 18.9 Å². The van der Waals surface area contributed by atoms with Crippen LogP contribution in [0.3, 0.4) is 0 Å². The number of hydrogen-bond acceptors (Lipinski definition) is 6. The van der Waals surface area contributed by atoms with Gasteiger partial charge in [-0.15, -0.1) is 5.01 Å². The zero-order chi connectivity index (χ0) is 18.0. The lowest BCUT2D eigenvalue weighted by Gasteiger charge is -2.24. The summed E-state index contributed by atoms with van der Waals surface area (Å²) in [5, 5.41) is 17.8. The summed E-state index contributed by atoms with van der Waals surface area (Å²) in [4.78, 5) is 34.9. The SMILES string of the molecule is CC[C@@]1(c2ccccc2)NC(=O)N(/N=C\c2ccc([N+](=O)[O-])o2)C1=O. The van der Waals surface area contributed by atoms with Crippen LogP contribution in [0.5, 0.6) is 0 Å². The van der Waals surface area contributed by atoms with Crippen molar-refractivity contribution in [2.75, 3.05) is 0 Å². The fourth-order valence-electron chi connectivity index (χ4n) is 2.65. The van der Waals surface area contributed by atoms with Gasteiger partial charge in [0.2, 0.25) is 0 Å². The highest BCUT2D eigenvalue weighted by Crippen LogP contribution is 2.32. The highest BCUT2D eigenvalue weighted by Gasteiger charge is 2.51. The molecule has 0 aliphatic carbocycles. The van der Waals surface area contributed by atoms with Crippen molar-refractivity contribution in [1.29, 1.82) is 0 Å². The molecule has 1 aliphatic heterocycles. The average molecular weight is 342 g/mol. The summed E-state index contributed by atoms with van der Waals surface area (Å²) in [5.41, 5.74) is -0.535. The molecule has 1 fully saturated rings. The van der Waals surface area contributed by atoms with E-state index in [4.69, 9.17) is 4.42 Å². The Bertz CT molecular complexity index is 860. The maximum atomic E-state index is 12.8. The van der Waals surface area contributed by atoms with Crippen LogP contribution in [-0.4, -0.2) is 28.1 Å². The van der Waals surface area contributed by atoms with Crippen molar-refractivity contribution in [1.82, 2.24) is 10.3 Å².